The highest BCUT2D eigenvalue weighted by atomic mass is 35.5. The zero-order valence-electron chi connectivity index (χ0n) is 15.6. The average molecular weight is 432 g/mol. The Balaban J connectivity index is 1.50. The Hall–Kier alpha value is -2.83. The van der Waals surface area contributed by atoms with Gasteiger partial charge in [-0.3, -0.25) is 9.48 Å². The molecular formula is C21H19Cl2N3O3. The molecule has 0 spiro atoms. The number of benzene rings is 2. The van der Waals surface area contributed by atoms with Crippen LogP contribution in [-0.4, -0.2) is 28.3 Å². The van der Waals surface area contributed by atoms with E-state index < -0.39 is 18.5 Å². The van der Waals surface area contributed by atoms with Crippen molar-refractivity contribution in [2.24, 2.45) is 0 Å². The normalized spacial score (nSPS) is 11.7. The first kappa shape index (κ1) is 20.9. The zero-order chi connectivity index (χ0) is 20.8. The van der Waals surface area contributed by atoms with Crippen LogP contribution in [0, 0.1) is 0 Å². The van der Waals surface area contributed by atoms with Gasteiger partial charge in [-0.25, -0.2) is 4.79 Å². The number of amides is 1. The highest BCUT2D eigenvalue weighted by molar-refractivity contribution is 6.35. The van der Waals surface area contributed by atoms with Gasteiger partial charge in [0.1, 0.15) is 0 Å². The maximum absolute atomic E-state index is 12.2. The topological polar surface area (TPSA) is 73.2 Å². The Labute approximate surface area is 178 Å². The number of hydrogen-bond donors (Lipinski definition) is 1. The number of halogens is 2. The number of esters is 1. The van der Waals surface area contributed by atoms with Gasteiger partial charge in [0.05, 0.1) is 24.3 Å². The second-order valence-corrected chi connectivity index (χ2v) is 7.29. The summed E-state index contributed by atoms with van der Waals surface area (Å²) < 4.78 is 6.72. The van der Waals surface area contributed by atoms with Crippen LogP contribution >= 0.6 is 23.2 Å². The van der Waals surface area contributed by atoms with Crippen molar-refractivity contribution in [3.63, 3.8) is 0 Å². The number of carbonyl (C=O) groups is 2. The van der Waals surface area contributed by atoms with E-state index in [1.807, 2.05) is 30.3 Å². The summed E-state index contributed by atoms with van der Waals surface area (Å²) in [5.74, 6) is -1.05. The lowest BCUT2D eigenvalue weighted by atomic mass is 10.1. The lowest BCUT2D eigenvalue weighted by Gasteiger charge is -2.16. The third-order valence-corrected chi connectivity index (χ3v) is 4.76. The molecule has 8 heteroatoms. The average Bonchev–Trinajstić information content (AvgIpc) is 3.15. The van der Waals surface area contributed by atoms with E-state index in [0.717, 1.165) is 11.1 Å². The molecule has 1 unspecified atom stereocenters. The van der Waals surface area contributed by atoms with E-state index >= 15 is 0 Å². The van der Waals surface area contributed by atoms with Gasteiger partial charge in [-0.2, -0.15) is 5.10 Å². The maximum atomic E-state index is 12.2. The van der Waals surface area contributed by atoms with Crippen molar-refractivity contribution in [2.45, 2.75) is 19.5 Å². The summed E-state index contributed by atoms with van der Waals surface area (Å²) in [4.78, 5) is 24.3. The van der Waals surface area contributed by atoms with Crippen LogP contribution in [0.5, 0.6) is 0 Å². The summed E-state index contributed by atoms with van der Waals surface area (Å²) >= 11 is 12.0. The molecule has 0 radical (unpaired) electrons. The molecule has 29 heavy (non-hydrogen) atoms. The molecule has 1 atom stereocenters. The smallest absolute Gasteiger partial charge is 0.341 e. The van der Waals surface area contributed by atoms with Crippen LogP contribution in [0.15, 0.2) is 60.9 Å². The van der Waals surface area contributed by atoms with Gasteiger partial charge in [0.25, 0.3) is 5.91 Å². The van der Waals surface area contributed by atoms with Crippen molar-refractivity contribution < 1.29 is 14.3 Å². The molecule has 0 fully saturated rings. The standard InChI is InChI=1S/C21H19Cl2N3O3/c1-14(18-8-7-17(22)9-19(18)23)25-20(27)13-29-21(28)16-10-24-26(12-16)11-15-5-3-2-4-6-15/h2-10,12,14H,11,13H2,1H3,(H,25,27). The molecule has 1 amide bonds. The molecule has 3 rings (SSSR count). The van der Waals surface area contributed by atoms with Gasteiger partial charge in [0, 0.05) is 16.2 Å². The predicted octanol–water partition coefficient (Wildman–Crippen LogP) is 4.27. The van der Waals surface area contributed by atoms with E-state index in [4.69, 9.17) is 27.9 Å². The molecule has 2 aromatic carbocycles. The number of nitrogens with one attached hydrogen (secondary N) is 1. The van der Waals surface area contributed by atoms with Crippen molar-refractivity contribution in [3.8, 4) is 0 Å². The molecule has 0 saturated heterocycles. The van der Waals surface area contributed by atoms with E-state index in [9.17, 15) is 9.59 Å². The summed E-state index contributed by atoms with van der Waals surface area (Å²) in [5, 5.41) is 7.86. The van der Waals surface area contributed by atoms with E-state index in [1.165, 1.54) is 6.20 Å². The SMILES string of the molecule is CC(NC(=O)COC(=O)c1cnn(Cc2ccccc2)c1)c1ccc(Cl)cc1Cl. The first-order valence-corrected chi connectivity index (χ1v) is 9.66. The first-order chi connectivity index (χ1) is 13.9. The molecule has 0 bridgehead atoms. The summed E-state index contributed by atoms with van der Waals surface area (Å²) in [5.41, 5.74) is 2.06. The molecule has 1 heterocycles. The zero-order valence-corrected chi connectivity index (χ0v) is 17.2. The number of carbonyl (C=O) groups excluding carboxylic acids is 2. The van der Waals surface area contributed by atoms with Crippen LogP contribution in [0.1, 0.15) is 34.5 Å². The Morgan fingerprint density at radius 1 is 1.17 bits per heavy atom. The molecule has 1 N–H and O–H groups in total. The fourth-order valence-corrected chi connectivity index (χ4v) is 3.33. The van der Waals surface area contributed by atoms with Crippen LogP contribution in [0.25, 0.3) is 0 Å². The predicted molar refractivity (Wildman–Crippen MR) is 111 cm³/mol. The molecule has 0 aliphatic heterocycles. The number of rotatable bonds is 7. The Bertz CT molecular complexity index is 1010. The Morgan fingerprint density at radius 2 is 1.93 bits per heavy atom. The quantitative estimate of drug-likeness (QED) is 0.566. The van der Waals surface area contributed by atoms with Gasteiger partial charge in [0.15, 0.2) is 6.61 Å². The van der Waals surface area contributed by atoms with Gasteiger partial charge >= 0.3 is 5.97 Å². The number of hydrogen-bond acceptors (Lipinski definition) is 4. The second kappa shape index (κ2) is 9.58. The summed E-state index contributed by atoms with van der Waals surface area (Å²) in [6.07, 6.45) is 3.00. The molecule has 1 aromatic heterocycles. The fourth-order valence-electron chi connectivity index (χ4n) is 2.75. The van der Waals surface area contributed by atoms with E-state index in [0.29, 0.717) is 16.6 Å². The Kier molecular flexibility index (Phi) is 6.90. The second-order valence-electron chi connectivity index (χ2n) is 6.44. The van der Waals surface area contributed by atoms with E-state index in [-0.39, 0.29) is 11.6 Å². The number of nitrogens with zero attached hydrogens (tertiary/aromatic N) is 2. The van der Waals surface area contributed by atoms with Crippen LogP contribution in [0.2, 0.25) is 10.0 Å². The minimum atomic E-state index is -0.614. The van der Waals surface area contributed by atoms with Crippen molar-refractivity contribution >= 4 is 35.1 Å². The molecule has 0 aliphatic rings. The van der Waals surface area contributed by atoms with Gasteiger partial charge in [0.2, 0.25) is 0 Å². The summed E-state index contributed by atoms with van der Waals surface area (Å²) in [6, 6.07) is 14.4. The molecular weight excluding hydrogens is 413 g/mol. The molecule has 6 nitrogen and oxygen atoms in total. The van der Waals surface area contributed by atoms with Crippen LogP contribution < -0.4 is 5.32 Å². The van der Waals surface area contributed by atoms with Crippen molar-refractivity contribution in [1.82, 2.24) is 15.1 Å². The molecule has 0 aliphatic carbocycles. The van der Waals surface area contributed by atoms with E-state index in [1.54, 1.807) is 36.0 Å². The maximum Gasteiger partial charge on any atom is 0.341 e. The first-order valence-electron chi connectivity index (χ1n) is 8.90. The van der Waals surface area contributed by atoms with Gasteiger partial charge in [-0.1, -0.05) is 59.6 Å². The van der Waals surface area contributed by atoms with Crippen molar-refractivity contribution in [3.05, 3.63) is 87.7 Å². The summed E-state index contributed by atoms with van der Waals surface area (Å²) in [7, 11) is 0. The lowest BCUT2D eigenvalue weighted by Crippen LogP contribution is -2.31. The fraction of sp³-hybridized carbons (Fsp3) is 0.190. The summed E-state index contributed by atoms with van der Waals surface area (Å²) in [6.45, 7) is 1.91. The van der Waals surface area contributed by atoms with Gasteiger partial charge in [-0.05, 0) is 30.2 Å². The van der Waals surface area contributed by atoms with E-state index in [2.05, 4.69) is 10.4 Å². The Morgan fingerprint density at radius 3 is 2.66 bits per heavy atom. The van der Waals surface area contributed by atoms with Crippen molar-refractivity contribution in [2.75, 3.05) is 6.61 Å². The minimum absolute atomic E-state index is 0.280. The largest absolute Gasteiger partial charge is 0.452 e. The molecule has 0 saturated carbocycles. The van der Waals surface area contributed by atoms with Gasteiger partial charge in [-0.15, -0.1) is 0 Å². The highest BCUT2D eigenvalue weighted by Gasteiger charge is 2.16. The van der Waals surface area contributed by atoms with Crippen LogP contribution in [0.3, 0.4) is 0 Å². The van der Waals surface area contributed by atoms with Crippen LogP contribution in [-0.2, 0) is 16.1 Å². The lowest BCUT2D eigenvalue weighted by molar-refractivity contribution is -0.124. The minimum Gasteiger partial charge on any atom is -0.452 e. The number of aromatic nitrogens is 2. The van der Waals surface area contributed by atoms with Crippen LogP contribution in [0.4, 0.5) is 0 Å². The van der Waals surface area contributed by atoms with Crippen molar-refractivity contribution in [1.29, 1.82) is 0 Å². The number of ether oxygens (including phenoxy) is 1. The molecule has 3 aromatic rings. The highest BCUT2D eigenvalue weighted by Crippen LogP contribution is 2.26. The third-order valence-electron chi connectivity index (χ3n) is 4.20. The third kappa shape index (κ3) is 5.82. The monoisotopic (exact) mass is 431 g/mol. The van der Waals surface area contributed by atoms with Gasteiger partial charge < -0.3 is 10.1 Å². The molecule has 150 valence electrons.